The van der Waals surface area contributed by atoms with E-state index in [2.05, 4.69) is 10.1 Å². The first kappa shape index (κ1) is 25.4. The lowest BCUT2D eigenvalue weighted by Gasteiger charge is -2.35. The number of carbonyl (C=O) groups excluding carboxylic acids is 1. The molecule has 10 nitrogen and oxygen atoms in total. The van der Waals surface area contributed by atoms with E-state index in [0.29, 0.717) is 51.0 Å². The molecule has 0 radical (unpaired) electrons. The minimum Gasteiger partial charge on any atom is -0.485 e. The first-order valence-electron chi connectivity index (χ1n) is 11.6. The number of halogens is 3. The fraction of sp³-hybridized carbons (Fsp3) is 0.522. The Morgan fingerprint density at radius 3 is 2.58 bits per heavy atom. The lowest BCUT2D eigenvalue weighted by Crippen LogP contribution is -2.49. The molecule has 36 heavy (non-hydrogen) atoms. The van der Waals surface area contributed by atoms with Gasteiger partial charge in [-0.3, -0.25) is 9.59 Å². The maximum Gasteiger partial charge on any atom is 0.425 e. The summed E-state index contributed by atoms with van der Waals surface area (Å²) in [6.07, 6.45) is -1.82. The highest BCUT2D eigenvalue weighted by Crippen LogP contribution is 2.35. The lowest BCUT2D eigenvalue weighted by atomic mass is 10.2. The number of alkyl halides is 3. The highest BCUT2D eigenvalue weighted by Gasteiger charge is 2.40. The second kappa shape index (κ2) is 10.9. The quantitative estimate of drug-likeness (QED) is 0.606. The van der Waals surface area contributed by atoms with Crippen LogP contribution in [0.2, 0.25) is 0 Å². The second-order valence-corrected chi connectivity index (χ2v) is 8.57. The molecule has 0 unspecified atom stereocenters. The van der Waals surface area contributed by atoms with Crippen LogP contribution in [-0.4, -0.2) is 71.0 Å². The number of nitriles is 1. The molecule has 1 saturated carbocycles. The van der Waals surface area contributed by atoms with Crippen molar-refractivity contribution in [1.82, 2.24) is 20.1 Å². The van der Waals surface area contributed by atoms with E-state index in [-0.39, 0.29) is 18.9 Å². The van der Waals surface area contributed by atoms with E-state index in [4.69, 9.17) is 14.7 Å². The third-order valence-electron chi connectivity index (χ3n) is 6.26. The highest BCUT2D eigenvalue weighted by molar-refractivity contribution is 5.76. The summed E-state index contributed by atoms with van der Waals surface area (Å²) in [6.45, 7) is 2.36. The molecule has 2 atom stereocenters. The van der Waals surface area contributed by atoms with Gasteiger partial charge in [0.15, 0.2) is 11.3 Å². The number of aromatic amines is 1. The van der Waals surface area contributed by atoms with Crippen molar-refractivity contribution in [2.24, 2.45) is 0 Å². The Kier molecular flexibility index (Phi) is 7.73. The summed E-state index contributed by atoms with van der Waals surface area (Å²) in [4.78, 5) is 32.4. The molecule has 1 amide bonds. The third-order valence-corrected chi connectivity index (χ3v) is 6.26. The average Bonchev–Trinajstić information content (AvgIpc) is 3.30. The first-order valence-corrected chi connectivity index (χ1v) is 11.6. The van der Waals surface area contributed by atoms with Crippen molar-refractivity contribution in [1.29, 1.82) is 5.26 Å². The average molecular weight is 506 g/mol. The maximum absolute atomic E-state index is 13.3. The van der Waals surface area contributed by atoms with Gasteiger partial charge in [0.25, 0.3) is 5.56 Å². The van der Waals surface area contributed by atoms with Crippen molar-refractivity contribution >= 4 is 11.7 Å². The Balaban J connectivity index is 1.25. The molecule has 2 aromatic heterocycles. The Bertz CT molecular complexity index is 1160. The molecule has 13 heteroatoms. The van der Waals surface area contributed by atoms with Gasteiger partial charge in [-0.05, 0) is 31.4 Å². The first-order chi connectivity index (χ1) is 17.3. The number of pyridine rings is 1. The number of amides is 1. The van der Waals surface area contributed by atoms with Crippen molar-refractivity contribution < 1.29 is 27.4 Å². The molecule has 2 aliphatic rings. The molecular formula is C23H25F3N6O4. The monoisotopic (exact) mass is 506 g/mol. The molecule has 2 aromatic rings. The van der Waals surface area contributed by atoms with Crippen LogP contribution in [0.4, 0.5) is 19.0 Å². The molecule has 2 fully saturated rings. The largest absolute Gasteiger partial charge is 0.485 e. The number of hydrogen-bond donors (Lipinski definition) is 1. The predicted molar refractivity (Wildman–Crippen MR) is 120 cm³/mol. The Labute approximate surface area is 204 Å². The SMILES string of the molecule is N#Cc1ccc(N2CCN(C(=O)CCO[C@H]3CCC[C@@H]3Oc3cn[nH]c(=O)c3C(F)(F)F)CC2)nc1. The van der Waals surface area contributed by atoms with Gasteiger partial charge in [0, 0.05) is 32.4 Å². The van der Waals surface area contributed by atoms with Crippen LogP contribution in [-0.2, 0) is 15.7 Å². The Morgan fingerprint density at radius 2 is 1.92 bits per heavy atom. The number of anilines is 1. The minimum atomic E-state index is -4.88. The Morgan fingerprint density at radius 1 is 1.17 bits per heavy atom. The van der Waals surface area contributed by atoms with E-state index in [1.807, 2.05) is 11.0 Å². The predicted octanol–water partition coefficient (Wildman–Crippen LogP) is 2.11. The fourth-order valence-electron chi connectivity index (χ4n) is 4.40. The molecule has 0 aromatic carbocycles. The molecule has 0 spiro atoms. The standard InChI is InChI=1S/C23H25F3N6O4/c24-23(25,26)21-18(14-29-30-22(21)34)36-17-3-1-2-16(17)35-11-6-20(33)32-9-7-31(8-10-32)19-5-4-15(12-27)13-28-19/h4-5,13-14,16-17H,1-3,6-11H2,(H,30,34)/t16-,17-/m0/s1. The van der Waals surface area contributed by atoms with Gasteiger partial charge in [-0.15, -0.1) is 0 Å². The van der Waals surface area contributed by atoms with Gasteiger partial charge in [-0.25, -0.2) is 10.1 Å². The van der Waals surface area contributed by atoms with E-state index >= 15 is 0 Å². The van der Waals surface area contributed by atoms with Crippen LogP contribution in [0.15, 0.2) is 29.3 Å². The number of ether oxygens (including phenoxy) is 2. The normalized spacial score (nSPS) is 20.3. The highest BCUT2D eigenvalue weighted by atomic mass is 19.4. The number of hydrogen-bond acceptors (Lipinski definition) is 8. The summed E-state index contributed by atoms with van der Waals surface area (Å²) in [5.41, 5.74) is -2.30. The summed E-state index contributed by atoms with van der Waals surface area (Å²) in [7, 11) is 0. The molecule has 0 bridgehead atoms. The molecule has 4 rings (SSSR count). The summed E-state index contributed by atoms with van der Waals surface area (Å²) < 4.78 is 51.2. The molecule has 3 heterocycles. The van der Waals surface area contributed by atoms with Gasteiger partial charge < -0.3 is 19.3 Å². The van der Waals surface area contributed by atoms with Gasteiger partial charge in [0.1, 0.15) is 18.0 Å². The van der Waals surface area contributed by atoms with Gasteiger partial charge in [0.05, 0.1) is 30.9 Å². The number of nitrogens with one attached hydrogen (secondary N) is 1. The number of nitrogens with zero attached hydrogens (tertiary/aromatic N) is 5. The van der Waals surface area contributed by atoms with Crippen LogP contribution in [0.3, 0.4) is 0 Å². The molecule has 1 saturated heterocycles. The Hall–Kier alpha value is -3.66. The van der Waals surface area contributed by atoms with Crippen molar-refractivity contribution in [2.45, 2.75) is 44.1 Å². The summed E-state index contributed by atoms with van der Waals surface area (Å²) >= 11 is 0. The van der Waals surface area contributed by atoms with Crippen molar-refractivity contribution in [3.63, 3.8) is 0 Å². The van der Waals surface area contributed by atoms with E-state index < -0.39 is 35.3 Å². The van der Waals surface area contributed by atoms with Crippen molar-refractivity contribution in [3.8, 4) is 11.8 Å². The minimum absolute atomic E-state index is 0.0731. The van der Waals surface area contributed by atoms with Gasteiger partial charge in [0.2, 0.25) is 5.91 Å². The maximum atomic E-state index is 13.3. The van der Waals surface area contributed by atoms with Crippen molar-refractivity contribution in [2.75, 3.05) is 37.7 Å². The molecule has 1 aliphatic carbocycles. The summed E-state index contributed by atoms with van der Waals surface area (Å²) in [6, 6.07) is 5.51. The van der Waals surface area contributed by atoms with Crippen LogP contribution in [0.1, 0.15) is 36.8 Å². The van der Waals surface area contributed by atoms with Crippen LogP contribution in [0.25, 0.3) is 0 Å². The van der Waals surface area contributed by atoms with E-state index in [0.717, 1.165) is 12.0 Å². The van der Waals surface area contributed by atoms with E-state index in [9.17, 15) is 22.8 Å². The smallest absolute Gasteiger partial charge is 0.425 e. The van der Waals surface area contributed by atoms with Crippen molar-refractivity contribution in [3.05, 3.63) is 46.0 Å². The van der Waals surface area contributed by atoms with Gasteiger partial charge >= 0.3 is 6.18 Å². The zero-order valence-corrected chi connectivity index (χ0v) is 19.3. The van der Waals surface area contributed by atoms with E-state index in [1.54, 1.807) is 22.1 Å². The topological polar surface area (TPSA) is 124 Å². The van der Waals surface area contributed by atoms with Gasteiger partial charge in [-0.1, -0.05) is 0 Å². The number of carbonyl (C=O) groups is 1. The zero-order valence-electron chi connectivity index (χ0n) is 19.3. The molecule has 192 valence electrons. The second-order valence-electron chi connectivity index (χ2n) is 8.57. The number of piperazine rings is 1. The van der Waals surface area contributed by atoms with Gasteiger partial charge in [-0.2, -0.15) is 23.5 Å². The molecule has 1 N–H and O–H groups in total. The molecular weight excluding hydrogens is 481 g/mol. The fourth-order valence-corrected chi connectivity index (χ4v) is 4.40. The summed E-state index contributed by atoms with van der Waals surface area (Å²) in [5, 5.41) is 14.1. The zero-order chi connectivity index (χ0) is 25.7. The van der Waals surface area contributed by atoms with Crippen LogP contribution >= 0.6 is 0 Å². The number of aromatic nitrogens is 3. The molecule has 1 aliphatic heterocycles. The third kappa shape index (κ3) is 5.93. The lowest BCUT2D eigenvalue weighted by molar-refractivity contribution is -0.141. The number of H-pyrrole nitrogens is 1. The van der Waals surface area contributed by atoms with Crippen LogP contribution in [0.5, 0.6) is 5.75 Å². The summed E-state index contributed by atoms with van der Waals surface area (Å²) in [5.74, 6) is 0.0505. The van der Waals surface area contributed by atoms with Crippen LogP contribution in [0, 0.1) is 11.3 Å². The van der Waals surface area contributed by atoms with Crippen LogP contribution < -0.4 is 15.2 Å². The number of rotatable bonds is 7. The van der Waals surface area contributed by atoms with E-state index in [1.165, 1.54) is 6.20 Å².